The van der Waals surface area contributed by atoms with E-state index >= 15 is 0 Å². The van der Waals surface area contributed by atoms with Gasteiger partial charge in [0.15, 0.2) is 5.82 Å². The monoisotopic (exact) mass is 406 g/mol. The molecule has 2 heterocycles. The molecule has 0 amide bonds. The van der Waals surface area contributed by atoms with Crippen LogP contribution in [0.3, 0.4) is 0 Å². The number of rotatable bonds is 7. The number of aryl methyl sites for hydroxylation is 2. The summed E-state index contributed by atoms with van der Waals surface area (Å²) in [7, 11) is 1.66. The number of H-pyrrole nitrogens is 1. The molecule has 4 rings (SSSR count). The Labute approximate surface area is 173 Å². The van der Waals surface area contributed by atoms with Crippen LogP contribution in [0.1, 0.15) is 11.1 Å². The third-order valence-electron chi connectivity index (χ3n) is 4.71. The predicted octanol–water partition coefficient (Wildman–Crippen LogP) is 3.60. The number of nitrogens with one attached hydrogen (secondary N) is 1. The maximum atomic E-state index is 11.3. The second-order valence-corrected chi connectivity index (χ2v) is 6.99. The van der Waals surface area contributed by atoms with Crippen molar-refractivity contribution < 1.29 is 14.0 Å². The van der Waals surface area contributed by atoms with E-state index in [1.807, 2.05) is 61.0 Å². The molecule has 8 heteroatoms. The number of benzene rings is 2. The lowest BCUT2D eigenvalue weighted by molar-refractivity contribution is 0.299. The number of methoxy groups -OCH3 is 1. The maximum Gasteiger partial charge on any atom is 0.439 e. The zero-order valence-electron chi connectivity index (χ0n) is 17.0. The van der Waals surface area contributed by atoms with Crippen LogP contribution in [-0.2, 0) is 6.54 Å². The molecule has 0 radical (unpaired) electrons. The predicted molar refractivity (Wildman–Crippen MR) is 112 cm³/mol. The summed E-state index contributed by atoms with van der Waals surface area (Å²) in [5.41, 5.74) is 4.62. The Hall–Kier alpha value is -3.81. The first-order valence-corrected chi connectivity index (χ1v) is 9.50. The van der Waals surface area contributed by atoms with Gasteiger partial charge in [0.1, 0.15) is 18.1 Å². The van der Waals surface area contributed by atoms with Crippen molar-refractivity contribution >= 4 is 0 Å². The second-order valence-electron chi connectivity index (χ2n) is 6.99. The molecule has 0 aliphatic carbocycles. The number of nitrogens with zero attached hydrogens (tertiary/aromatic N) is 3. The lowest BCUT2D eigenvalue weighted by Crippen LogP contribution is -2.07. The Morgan fingerprint density at radius 2 is 1.80 bits per heavy atom. The zero-order valence-corrected chi connectivity index (χ0v) is 17.0. The third kappa shape index (κ3) is 4.12. The largest absolute Gasteiger partial charge is 0.496 e. The smallest absolute Gasteiger partial charge is 0.439 e. The summed E-state index contributed by atoms with van der Waals surface area (Å²) in [6, 6.07) is 11.7. The first kappa shape index (κ1) is 19.5. The van der Waals surface area contributed by atoms with Gasteiger partial charge in [-0.15, -0.1) is 0 Å². The molecule has 0 unspecified atom stereocenters. The van der Waals surface area contributed by atoms with Crippen molar-refractivity contribution in [3.05, 3.63) is 70.6 Å². The van der Waals surface area contributed by atoms with Gasteiger partial charge >= 0.3 is 5.76 Å². The van der Waals surface area contributed by atoms with E-state index in [4.69, 9.17) is 9.47 Å². The summed E-state index contributed by atoms with van der Waals surface area (Å²) < 4.78 is 18.0. The fourth-order valence-electron chi connectivity index (χ4n) is 3.18. The van der Waals surface area contributed by atoms with Gasteiger partial charge in [-0.3, -0.25) is 9.51 Å². The lowest BCUT2D eigenvalue weighted by Gasteiger charge is -2.11. The number of hydrogen-bond acceptors (Lipinski definition) is 6. The Morgan fingerprint density at radius 1 is 1.07 bits per heavy atom. The summed E-state index contributed by atoms with van der Waals surface area (Å²) in [6.07, 6.45) is 3.73. The van der Waals surface area contributed by atoms with Crippen molar-refractivity contribution in [2.24, 2.45) is 0 Å². The molecule has 154 valence electrons. The number of imidazole rings is 1. The van der Waals surface area contributed by atoms with Crippen molar-refractivity contribution in [2.75, 3.05) is 13.7 Å². The van der Waals surface area contributed by atoms with Crippen LogP contribution in [0.25, 0.3) is 22.6 Å². The minimum atomic E-state index is -0.603. The van der Waals surface area contributed by atoms with E-state index in [-0.39, 0.29) is 0 Å². The normalized spacial score (nSPS) is 10.9. The van der Waals surface area contributed by atoms with Gasteiger partial charge in [-0.05, 0) is 49.2 Å². The molecule has 0 spiro atoms. The van der Waals surface area contributed by atoms with Gasteiger partial charge in [0, 0.05) is 11.8 Å². The molecule has 4 aromatic rings. The Kier molecular flexibility index (Phi) is 5.38. The molecular weight excluding hydrogens is 384 g/mol. The molecule has 0 aliphatic rings. The Morgan fingerprint density at radius 3 is 2.50 bits per heavy atom. The van der Waals surface area contributed by atoms with Gasteiger partial charge in [0.05, 0.1) is 31.2 Å². The lowest BCUT2D eigenvalue weighted by atomic mass is 10.1. The highest BCUT2D eigenvalue weighted by molar-refractivity contribution is 5.67. The van der Waals surface area contributed by atoms with Gasteiger partial charge in [-0.2, -0.15) is 0 Å². The molecule has 0 bridgehead atoms. The van der Waals surface area contributed by atoms with Crippen LogP contribution < -0.4 is 15.2 Å². The fraction of sp³-hybridized carbons (Fsp3) is 0.227. The van der Waals surface area contributed by atoms with E-state index in [2.05, 4.69) is 19.6 Å². The molecule has 30 heavy (non-hydrogen) atoms. The topological polar surface area (TPSA) is 95.2 Å². The number of hydrogen-bond donors (Lipinski definition) is 1. The van der Waals surface area contributed by atoms with Gasteiger partial charge in [0.2, 0.25) is 0 Å². The molecule has 0 saturated heterocycles. The van der Waals surface area contributed by atoms with Crippen molar-refractivity contribution in [1.29, 1.82) is 0 Å². The summed E-state index contributed by atoms with van der Waals surface area (Å²) >= 11 is 0. The van der Waals surface area contributed by atoms with Crippen molar-refractivity contribution in [2.45, 2.75) is 20.4 Å². The minimum Gasteiger partial charge on any atom is -0.496 e. The molecular formula is C22H22N4O4. The quantitative estimate of drug-likeness (QED) is 0.504. The van der Waals surface area contributed by atoms with Crippen LogP contribution in [0, 0.1) is 13.8 Å². The van der Waals surface area contributed by atoms with Crippen LogP contribution in [0.5, 0.6) is 11.5 Å². The van der Waals surface area contributed by atoms with E-state index in [1.54, 1.807) is 13.4 Å². The van der Waals surface area contributed by atoms with Crippen molar-refractivity contribution in [3.63, 3.8) is 0 Å². The Bertz CT molecular complexity index is 1220. The molecule has 0 aliphatic heterocycles. The average Bonchev–Trinajstić information content (AvgIpc) is 3.37. The molecule has 0 saturated carbocycles. The Balaban J connectivity index is 1.47. The van der Waals surface area contributed by atoms with Crippen molar-refractivity contribution in [3.8, 4) is 34.1 Å². The standard InChI is InChI=1S/C22H22N4O4/c1-14-4-6-16(19(10-14)28-3)18-12-26(13-23-18)8-9-29-20-11-15(2)5-7-17(20)21-24-22(27)30-25-21/h4-7,10-13H,8-9H2,1-3H3,(H,24,25,27). The average molecular weight is 406 g/mol. The molecule has 1 N–H and O–H groups in total. The van der Waals surface area contributed by atoms with E-state index in [1.165, 1.54) is 0 Å². The van der Waals surface area contributed by atoms with Crippen LogP contribution in [0.4, 0.5) is 0 Å². The van der Waals surface area contributed by atoms with E-state index in [0.29, 0.717) is 30.3 Å². The summed E-state index contributed by atoms with van der Waals surface area (Å²) in [5.74, 6) is 1.16. The maximum absolute atomic E-state index is 11.3. The number of aromatic amines is 1. The van der Waals surface area contributed by atoms with Crippen molar-refractivity contribution in [1.82, 2.24) is 19.7 Å². The number of aromatic nitrogens is 4. The summed E-state index contributed by atoms with van der Waals surface area (Å²) in [5, 5.41) is 3.75. The highest BCUT2D eigenvalue weighted by Gasteiger charge is 2.12. The molecule has 2 aromatic carbocycles. The van der Waals surface area contributed by atoms with Gasteiger partial charge in [-0.1, -0.05) is 17.3 Å². The zero-order chi connectivity index (χ0) is 21.1. The van der Waals surface area contributed by atoms with E-state index in [9.17, 15) is 4.79 Å². The summed E-state index contributed by atoms with van der Waals surface area (Å²) in [4.78, 5) is 18.3. The highest BCUT2D eigenvalue weighted by atomic mass is 16.5. The molecule has 8 nitrogen and oxygen atoms in total. The van der Waals surface area contributed by atoms with E-state index in [0.717, 1.165) is 28.1 Å². The third-order valence-corrected chi connectivity index (χ3v) is 4.71. The van der Waals surface area contributed by atoms with Crippen LogP contribution in [0.15, 0.2) is 58.2 Å². The summed E-state index contributed by atoms with van der Waals surface area (Å²) in [6.45, 7) is 5.01. The molecule has 0 fully saturated rings. The fourth-order valence-corrected chi connectivity index (χ4v) is 3.18. The van der Waals surface area contributed by atoms with Gasteiger partial charge in [0.25, 0.3) is 0 Å². The highest BCUT2D eigenvalue weighted by Crippen LogP contribution is 2.30. The van der Waals surface area contributed by atoms with Crippen LogP contribution in [0.2, 0.25) is 0 Å². The number of ether oxygens (including phenoxy) is 2. The molecule has 2 aromatic heterocycles. The first-order valence-electron chi connectivity index (χ1n) is 9.50. The SMILES string of the molecule is COc1cc(C)ccc1-c1cn(CCOc2cc(C)ccc2-c2noc(=O)[nH]2)cn1. The van der Waals surface area contributed by atoms with Gasteiger partial charge < -0.3 is 14.0 Å². The van der Waals surface area contributed by atoms with Gasteiger partial charge in [-0.25, -0.2) is 9.78 Å². The minimum absolute atomic E-state index is 0.339. The molecule has 0 atom stereocenters. The van der Waals surface area contributed by atoms with Crippen LogP contribution in [-0.4, -0.2) is 33.4 Å². The first-order chi connectivity index (χ1) is 14.5. The second kappa shape index (κ2) is 8.28. The van der Waals surface area contributed by atoms with E-state index < -0.39 is 5.76 Å². The van der Waals surface area contributed by atoms with Crippen LogP contribution >= 0.6 is 0 Å².